The van der Waals surface area contributed by atoms with Crippen molar-refractivity contribution in [1.29, 1.82) is 0 Å². The van der Waals surface area contributed by atoms with Crippen molar-refractivity contribution in [2.45, 2.75) is 0 Å². The van der Waals surface area contributed by atoms with Gasteiger partial charge in [-0.1, -0.05) is 47.6 Å². The largest absolute Gasteiger partial charge is 0.497 e. The number of hydrogen-bond acceptors (Lipinski definition) is 3. The van der Waals surface area contributed by atoms with E-state index in [4.69, 9.17) is 40.2 Å². The van der Waals surface area contributed by atoms with Crippen LogP contribution in [0.3, 0.4) is 0 Å². The molecule has 2 heterocycles. The molecule has 2 aromatic carbocycles. The van der Waals surface area contributed by atoms with Gasteiger partial charge in [0.05, 0.1) is 22.8 Å². The number of H-pyrrole nitrogens is 1. The highest BCUT2D eigenvalue weighted by Gasteiger charge is 2.12. The number of benzene rings is 2. The minimum Gasteiger partial charge on any atom is -0.497 e. The van der Waals surface area contributed by atoms with Gasteiger partial charge >= 0.3 is 0 Å². The third-order valence-electron chi connectivity index (χ3n) is 4.14. The highest BCUT2D eigenvalue weighted by atomic mass is 35.5. The first-order chi connectivity index (χ1) is 12.6. The predicted molar refractivity (Wildman–Crippen MR) is 108 cm³/mol. The van der Waals surface area contributed by atoms with Crippen molar-refractivity contribution in [3.05, 3.63) is 69.5 Å². The summed E-state index contributed by atoms with van der Waals surface area (Å²) in [4.78, 5) is 7.76. The van der Waals surface area contributed by atoms with Gasteiger partial charge in [-0.2, -0.15) is 0 Å². The van der Waals surface area contributed by atoms with E-state index in [1.807, 2.05) is 47.0 Å². The summed E-state index contributed by atoms with van der Waals surface area (Å²) in [6, 6.07) is 13.2. The van der Waals surface area contributed by atoms with Gasteiger partial charge in [-0.25, -0.2) is 4.98 Å². The molecule has 26 heavy (non-hydrogen) atoms. The molecule has 0 aliphatic rings. The highest BCUT2D eigenvalue weighted by molar-refractivity contribution is 7.71. The Morgan fingerprint density at radius 3 is 2.58 bits per heavy atom. The van der Waals surface area contributed by atoms with Crippen LogP contribution in [0, 0.1) is 4.64 Å². The molecule has 0 aliphatic carbocycles. The van der Waals surface area contributed by atoms with Crippen LogP contribution in [0.4, 0.5) is 0 Å². The molecule has 130 valence electrons. The fraction of sp³-hybridized carbons (Fsp3) is 0.0526. The van der Waals surface area contributed by atoms with Crippen molar-refractivity contribution < 1.29 is 4.74 Å². The fourth-order valence-electron chi connectivity index (χ4n) is 2.78. The Kier molecular flexibility index (Phi) is 4.44. The summed E-state index contributed by atoms with van der Waals surface area (Å²) in [6.45, 7) is 0. The summed E-state index contributed by atoms with van der Waals surface area (Å²) in [5, 5.41) is 0.949. The smallest absolute Gasteiger partial charge is 0.212 e. The van der Waals surface area contributed by atoms with E-state index in [0.29, 0.717) is 20.5 Å². The van der Waals surface area contributed by atoms with Crippen molar-refractivity contribution in [3.8, 4) is 28.1 Å². The summed E-state index contributed by atoms with van der Waals surface area (Å²) >= 11 is 18.1. The molecule has 2 aromatic heterocycles. The second-order valence-corrected chi connectivity index (χ2v) is 6.84. The Balaban J connectivity index is 1.86. The van der Waals surface area contributed by atoms with Crippen LogP contribution in [-0.4, -0.2) is 21.5 Å². The molecule has 4 nitrogen and oxygen atoms in total. The number of ether oxygens (including phenoxy) is 1. The van der Waals surface area contributed by atoms with Crippen LogP contribution in [-0.2, 0) is 0 Å². The van der Waals surface area contributed by atoms with Gasteiger partial charge in [0.1, 0.15) is 10.4 Å². The lowest BCUT2D eigenvalue weighted by Gasteiger charge is -2.06. The van der Waals surface area contributed by atoms with E-state index in [1.165, 1.54) is 0 Å². The van der Waals surface area contributed by atoms with Crippen LogP contribution in [0.15, 0.2) is 54.9 Å². The monoisotopic (exact) mass is 401 g/mol. The number of aromatic amines is 1. The molecule has 0 saturated heterocycles. The van der Waals surface area contributed by atoms with Gasteiger partial charge in [-0.15, -0.1) is 0 Å². The molecular weight excluding hydrogens is 389 g/mol. The first kappa shape index (κ1) is 17.1. The number of nitrogens with zero attached hydrogens (tertiary/aromatic N) is 2. The third-order valence-corrected chi connectivity index (χ3v) is 5.38. The Morgan fingerprint density at radius 2 is 1.85 bits per heavy atom. The first-order valence-electron chi connectivity index (χ1n) is 7.77. The first-order valence-corrected chi connectivity index (χ1v) is 8.94. The molecule has 0 fully saturated rings. The molecule has 0 radical (unpaired) electrons. The number of fused-ring (bicyclic) bond motifs is 1. The van der Waals surface area contributed by atoms with Crippen LogP contribution in [0.2, 0.25) is 10.0 Å². The molecule has 0 bridgehead atoms. The Bertz CT molecular complexity index is 1170. The fourth-order valence-corrected chi connectivity index (χ4v) is 3.48. The standard InChI is InChI=1S/C19H13Cl2N3OS/c1-25-12-7-5-11(6-8-12)16-10-24-18(26)14(9-22-19(24)23-16)13-3-2-4-15(20)17(13)21/h2-10H,1H3,(H,22,23). The number of halogens is 2. The van der Waals surface area contributed by atoms with Gasteiger partial charge in [0.25, 0.3) is 0 Å². The maximum absolute atomic E-state index is 6.35. The molecule has 4 aromatic rings. The molecule has 0 atom stereocenters. The van der Waals surface area contributed by atoms with Gasteiger partial charge in [0.2, 0.25) is 5.78 Å². The maximum Gasteiger partial charge on any atom is 0.212 e. The van der Waals surface area contributed by atoms with E-state index < -0.39 is 0 Å². The van der Waals surface area contributed by atoms with Crippen molar-refractivity contribution >= 4 is 41.2 Å². The summed E-state index contributed by atoms with van der Waals surface area (Å²) in [7, 11) is 1.64. The molecule has 0 aliphatic heterocycles. The topological polar surface area (TPSA) is 42.3 Å². The normalized spacial score (nSPS) is 11.0. The van der Waals surface area contributed by atoms with Crippen molar-refractivity contribution in [1.82, 2.24) is 14.4 Å². The SMILES string of the molecule is COc1ccc(-c2cn3c(=S)c(-c4cccc(Cl)c4Cl)cnc3[nH]2)cc1. The van der Waals surface area contributed by atoms with Gasteiger partial charge in [-0.3, -0.25) is 4.40 Å². The van der Waals surface area contributed by atoms with Crippen molar-refractivity contribution in [2.75, 3.05) is 7.11 Å². The van der Waals surface area contributed by atoms with Crippen LogP contribution in [0.1, 0.15) is 0 Å². The van der Waals surface area contributed by atoms with Crippen LogP contribution in [0.25, 0.3) is 28.2 Å². The van der Waals surface area contributed by atoms with Crippen LogP contribution in [0.5, 0.6) is 5.75 Å². The Hall–Kier alpha value is -2.34. The quantitative estimate of drug-likeness (QED) is 0.425. The lowest BCUT2D eigenvalue weighted by atomic mass is 10.1. The Morgan fingerprint density at radius 1 is 1.08 bits per heavy atom. The van der Waals surface area contributed by atoms with E-state index in [1.54, 1.807) is 19.4 Å². The third kappa shape index (κ3) is 2.88. The van der Waals surface area contributed by atoms with Crippen molar-refractivity contribution in [3.63, 3.8) is 0 Å². The highest BCUT2D eigenvalue weighted by Crippen LogP contribution is 2.34. The number of imidazole rings is 1. The van der Waals surface area contributed by atoms with Gasteiger partial charge in [-0.05, 0) is 35.9 Å². The number of aromatic nitrogens is 3. The minimum atomic E-state index is 0.466. The number of nitrogens with one attached hydrogen (secondary N) is 1. The van der Waals surface area contributed by atoms with E-state index in [-0.39, 0.29) is 0 Å². The molecule has 4 rings (SSSR count). The van der Waals surface area contributed by atoms with Gasteiger partial charge in [0, 0.05) is 23.5 Å². The zero-order valence-corrected chi connectivity index (χ0v) is 16.0. The molecule has 0 unspecified atom stereocenters. The maximum atomic E-state index is 6.35. The summed E-state index contributed by atoms with van der Waals surface area (Å²) in [5.41, 5.74) is 3.43. The van der Waals surface area contributed by atoms with Crippen LogP contribution < -0.4 is 4.74 Å². The molecular formula is C19H13Cl2N3OS. The lowest BCUT2D eigenvalue weighted by Crippen LogP contribution is -1.93. The lowest BCUT2D eigenvalue weighted by molar-refractivity contribution is 0.415. The number of methoxy groups -OCH3 is 1. The molecule has 0 saturated carbocycles. The van der Waals surface area contributed by atoms with E-state index in [0.717, 1.165) is 28.1 Å². The van der Waals surface area contributed by atoms with Crippen LogP contribution >= 0.6 is 35.4 Å². The second kappa shape index (κ2) is 6.76. The predicted octanol–water partition coefficient (Wildman–Crippen LogP) is 6.04. The molecule has 1 N–H and O–H groups in total. The van der Waals surface area contributed by atoms with E-state index in [9.17, 15) is 0 Å². The van der Waals surface area contributed by atoms with Gasteiger partial charge in [0.15, 0.2) is 0 Å². The minimum absolute atomic E-state index is 0.466. The number of rotatable bonds is 3. The second-order valence-electron chi connectivity index (χ2n) is 5.67. The number of hydrogen-bond donors (Lipinski definition) is 1. The zero-order valence-electron chi connectivity index (χ0n) is 13.7. The summed E-state index contributed by atoms with van der Waals surface area (Å²) < 4.78 is 7.64. The summed E-state index contributed by atoms with van der Waals surface area (Å²) in [5.74, 6) is 1.46. The average Bonchev–Trinajstić information content (AvgIpc) is 3.10. The average molecular weight is 402 g/mol. The molecule has 0 spiro atoms. The molecule has 0 amide bonds. The Labute approximate surface area is 165 Å². The summed E-state index contributed by atoms with van der Waals surface area (Å²) in [6.07, 6.45) is 3.64. The van der Waals surface area contributed by atoms with Gasteiger partial charge < -0.3 is 9.72 Å². The van der Waals surface area contributed by atoms with Crippen molar-refractivity contribution in [2.24, 2.45) is 0 Å². The zero-order chi connectivity index (χ0) is 18.3. The molecule has 7 heteroatoms. The van der Waals surface area contributed by atoms with E-state index >= 15 is 0 Å². The van der Waals surface area contributed by atoms with E-state index in [2.05, 4.69) is 9.97 Å².